The van der Waals surface area contributed by atoms with Gasteiger partial charge in [-0.3, -0.25) is 4.79 Å². The fraction of sp³-hybridized carbons (Fsp3) is 0.417. The molecule has 1 aromatic carbocycles. The van der Waals surface area contributed by atoms with Crippen molar-refractivity contribution in [2.75, 3.05) is 0 Å². The van der Waals surface area contributed by atoms with Gasteiger partial charge in [0.25, 0.3) is 0 Å². The number of rotatable bonds is 4. The van der Waals surface area contributed by atoms with Gasteiger partial charge in [0.1, 0.15) is 0 Å². The molecule has 1 N–H and O–H groups in total. The first-order chi connectivity index (χ1) is 6.52. The van der Waals surface area contributed by atoms with Crippen molar-refractivity contribution >= 4 is 5.97 Å². The fourth-order valence-electron chi connectivity index (χ4n) is 1.45. The number of benzene rings is 1. The lowest BCUT2D eigenvalue weighted by Crippen LogP contribution is -2.18. The first-order valence-electron chi connectivity index (χ1n) is 4.80. The summed E-state index contributed by atoms with van der Waals surface area (Å²) >= 11 is 0. The van der Waals surface area contributed by atoms with E-state index in [4.69, 9.17) is 5.11 Å². The molecule has 0 aliphatic heterocycles. The lowest BCUT2D eigenvalue weighted by Gasteiger charge is -2.24. The Hall–Kier alpha value is -1.31. The quantitative estimate of drug-likeness (QED) is 0.796. The first-order valence-corrected chi connectivity index (χ1v) is 4.80. The molecule has 76 valence electrons. The molecule has 1 aromatic rings. The number of carboxylic acid groups (broad SMARTS) is 1. The number of aliphatic carboxylic acids is 1. The number of carbonyl (C=O) groups is 1. The summed E-state index contributed by atoms with van der Waals surface area (Å²) in [5.41, 5.74) is 1.14. The predicted octanol–water partition coefficient (Wildman–Crippen LogP) is 2.83. The van der Waals surface area contributed by atoms with Crippen LogP contribution in [0.4, 0.5) is 0 Å². The van der Waals surface area contributed by atoms with Crippen LogP contribution >= 0.6 is 0 Å². The van der Waals surface area contributed by atoms with Gasteiger partial charge < -0.3 is 5.11 Å². The molecule has 0 spiro atoms. The minimum Gasteiger partial charge on any atom is -0.481 e. The van der Waals surface area contributed by atoms with Crippen molar-refractivity contribution in [2.24, 2.45) is 0 Å². The van der Waals surface area contributed by atoms with E-state index in [2.05, 4.69) is 13.8 Å². The number of carboxylic acids is 1. The van der Waals surface area contributed by atoms with Crippen molar-refractivity contribution in [3.05, 3.63) is 35.9 Å². The van der Waals surface area contributed by atoms with E-state index in [9.17, 15) is 4.79 Å². The van der Waals surface area contributed by atoms with E-state index in [1.54, 1.807) is 0 Å². The Balaban J connectivity index is 2.70. The highest BCUT2D eigenvalue weighted by Crippen LogP contribution is 2.27. The average molecular weight is 192 g/mol. The highest BCUT2D eigenvalue weighted by molar-refractivity contribution is 5.66. The van der Waals surface area contributed by atoms with Crippen LogP contribution in [0.2, 0.25) is 0 Å². The van der Waals surface area contributed by atoms with Crippen molar-refractivity contribution in [3.8, 4) is 0 Å². The van der Waals surface area contributed by atoms with Crippen LogP contribution in [0.5, 0.6) is 0 Å². The summed E-state index contributed by atoms with van der Waals surface area (Å²) in [6.45, 7) is 4.15. The molecule has 0 aromatic heterocycles. The molecule has 0 bridgehead atoms. The first kappa shape index (κ1) is 10.8. The maximum Gasteiger partial charge on any atom is 0.303 e. The van der Waals surface area contributed by atoms with Crippen molar-refractivity contribution in [1.29, 1.82) is 0 Å². The Morgan fingerprint density at radius 1 is 1.29 bits per heavy atom. The third-order valence-electron chi connectivity index (χ3n) is 2.52. The van der Waals surface area contributed by atoms with E-state index in [-0.39, 0.29) is 11.8 Å². The normalized spacial score (nSPS) is 11.3. The Labute approximate surface area is 84.6 Å². The van der Waals surface area contributed by atoms with Crippen molar-refractivity contribution < 1.29 is 9.90 Å². The van der Waals surface area contributed by atoms with Crippen LogP contribution in [-0.2, 0) is 10.2 Å². The Bertz CT molecular complexity index is 301. The summed E-state index contributed by atoms with van der Waals surface area (Å²) in [7, 11) is 0. The third-order valence-corrected chi connectivity index (χ3v) is 2.52. The zero-order valence-electron chi connectivity index (χ0n) is 8.66. The molecule has 2 nitrogen and oxygen atoms in total. The summed E-state index contributed by atoms with van der Waals surface area (Å²) in [6, 6.07) is 10.0. The highest BCUT2D eigenvalue weighted by atomic mass is 16.4. The van der Waals surface area contributed by atoms with Crippen LogP contribution in [0, 0.1) is 0 Å². The average Bonchev–Trinajstić information content (AvgIpc) is 2.16. The van der Waals surface area contributed by atoms with Gasteiger partial charge in [0.2, 0.25) is 0 Å². The summed E-state index contributed by atoms with van der Waals surface area (Å²) in [4.78, 5) is 10.5. The van der Waals surface area contributed by atoms with Gasteiger partial charge in [-0.1, -0.05) is 44.2 Å². The van der Waals surface area contributed by atoms with Crippen LogP contribution < -0.4 is 0 Å². The lowest BCUT2D eigenvalue weighted by atomic mass is 9.81. The van der Waals surface area contributed by atoms with Crippen LogP contribution in [0.3, 0.4) is 0 Å². The number of hydrogen-bond acceptors (Lipinski definition) is 1. The van der Waals surface area contributed by atoms with Crippen molar-refractivity contribution in [2.45, 2.75) is 32.1 Å². The maximum atomic E-state index is 10.5. The molecule has 0 saturated carbocycles. The Morgan fingerprint density at radius 2 is 1.86 bits per heavy atom. The fourth-order valence-corrected chi connectivity index (χ4v) is 1.45. The van der Waals surface area contributed by atoms with E-state index in [0.717, 1.165) is 0 Å². The standard InChI is InChI=1S/C12H16O2/c1-12(2,9-8-11(13)14)10-6-4-3-5-7-10/h3-7H,8-9H2,1-2H3,(H,13,14). The molecule has 0 amide bonds. The van der Waals surface area contributed by atoms with Gasteiger partial charge in [-0.05, 0) is 17.4 Å². The molecule has 0 aliphatic rings. The molecule has 0 heterocycles. The molecule has 0 radical (unpaired) electrons. The van der Waals surface area contributed by atoms with Gasteiger partial charge in [0.15, 0.2) is 0 Å². The molecular formula is C12H16O2. The largest absolute Gasteiger partial charge is 0.481 e. The van der Waals surface area contributed by atoms with E-state index in [1.807, 2.05) is 30.3 Å². The molecule has 0 aliphatic carbocycles. The minimum absolute atomic E-state index is 0.0559. The summed E-state index contributed by atoms with van der Waals surface area (Å²) < 4.78 is 0. The second-order valence-corrected chi connectivity index (χ2v) is 4.14. The lowest BCUT2D eigenvalue weighted by molar-refractivity contribution is -0.137. The molecule has 0 atom stereocenters. The topological polar surface area (TPSA) is 37.3 Å². The summed E-state index contributed by atoms with van der Waals surface area (Å²) in [5.74, 6) is -0.728. The predicted molar refractivity (Wildman–Crippen MR) is 56.3 cm³/mol. The summed E-state index contributed by atoms with van der Waals surface area (Å²) in [6.07, 6.45) is 0.897. The van der Waals surface area contributed by atoms with Crippen molar-refractivity contribution in [3.63, 3.8) is 0 Å². The molecule has 2 heteroatoms. The number of hydrogen-bond donors (Lipinski definition) is 1. The minimum atomic E-state index is -0.728. The van der Waals surface area contributed by atoms with Crippen LogP contribution in [0.25, 0.3) is 0 Å². The highest BCUT2D eigenvalue weighted by Gasteiger charge is 2.20. The van der Waals surface area contributed by atoms with Gasteiger partial charge >= 0.3 is 5.97 Å². The Morgan fingerprint density at radius 3 is 2.36 bits per heavy atom. The van der Waals surface area contributed by atoms with Crippen LogP contribution in [0.1, 0.15) is 32.3 Å². The van der Waals surface area contributed by atoms with Gasteiger partial charge in [-0.25, -0.2) is 0 Å². The smallest absolute Gasteiger partial charge is 0.303 e. The Kier molecular flexibility index (Phi) is 3.28. The van der Waals surface area contributed by atoms with Crippen LogP contribution in [0.15, 0.2) is 30.3 Å². The molecule has 14 heavy (non-hydrogen) atoms. The molecule has 1 rings (SSSR count). The van der Waals surface area contributed by atoms with Gasteiger partial charge in [-0.2, -0.15) is 0 Å². The maximum absolute atomic E-state index is 10.5. The third kappa shape index (κ3) is 2.87. The van der Waals surface area contributed by atoms with E-state index in [1.165, 1.54) is 5.56 Å². The molecule has 0 saturated heterocycles. The zero-order chi connectivity index (χ0) is 10.6. The molecular weight excluding hydrogens is 176 g/mol. The summed E-state index contributed by atoms with van der Waals surface area (Å²) in [5, 5.41) is 8.62. The monoisotopic (exact) mass is 192 g/mol. The van der Waals surface area contributed by atoms with Crippen LogP contribution in [-0.4, -0.2) is 11.1 Å². The van der Waals surface area contributed by atoms with E-state index in [0.29, 0.717) is 6.42 Å². The zero-order valence-corrected chi connectivity index (χ0v) is 8.66. The van der Waals surface area contributed by atoms with E-state index < -0.39 is 5.97 Å². The van der Waals surface area contributed by atoms with E-state index >= 15 is 0 Å². The van der Waals surface area contributed by atoms with Crippen molar-refractivity contribution in [1.82, 2.24) is 0 Å². The molecule has 0 fully saturated rings. The second-order valence-electron chi connectivity index (χ2n) is 4.14. The second kappa shape index (κ2) is 4.27. The van der Waals surface area contributed by atoms with Gasteiger partial charge in [-0.15, -0.1) is 0 Å². The van der Waals surface area contributed by atoms with Gasteiger partial charge in [0, 0.05) is 6.42 Å². The van der Waals surface area contributed by atoms with Gasteiger partial charge in [0.05, 0.1) is 0 Å². The SMILES string of the molecule is CC(C)(CCC(=O)O)c1ccccc1. The molecule has 0 unspecified atom stereocenters.